The van der Waals surface area contributed by atoms with Gasteiger partial charge in [-0.1, -0.05) is 30.3 Å². The lowest BCUT2D eigenvalue weighted by atomic mass is 10.1. The summed E-state index contributed by atoms with van der Waals surface area (Å²) in [5, 5.41) is 8.97. The zero-order valence-corrected chi connectivity index (χ0v) is 9.37. The molecule has 0 aliphatic carbocycles. The molecule has 2 aromatic carbocycles. The van der Waals surface area contributed by atoms with Gasteiger partial charge in [0.25, 0.3) is 0 Å². The number of hydrogen-bond donors (Lipinski definition) is 1. The van der Waals surface area contributed by atoms with E-state index in [1.54, 1.807) is 42.5 Å². The first-order valence-electron chi connectivity index (χ1n) is 5.28. The van der Waals surface area contributed by atoms with Gasteiger partial charge in [-0.3, -0.25) is 0 Å². The number of carboxylic acid groups (broad SMARTS) is 1. The Hall–Kier alpha value is -2.62. The van der Waals surface area contributed by atoms with Gasteiger partial charge in [0.1, 0.15) is 5.75 Å². The fourth-order valence-electron chi connectivity index (χ4n) is 1.50. The largest absolute Gasteiger partial charge is 0.478 e. The van der Waals surface area contributed by atoms with Gasteiger partial charge in [0.2, 0.25) is 0 Å². The summed E-state index contributed by atoms with van der Waals surface area (Å²) in [7, 11) is 0. The van der Waals surface area contributed by atoms with Crippen LogP contribution in [0.3, 0.4) is 0 Å². The number of carbonyl (C=O) groups is 2. The first-order valence-corrected chi connectivity index (χ1v) is 5.28. The first kappa shape index (κ1) is 11.9. The molecule has 0 aliphatic heterocycles. The van der Waals surface area contributed by atoms with Crippen molar-refractivity contribution in [2.24, 2.45) is 0 Å². The number of para-hydroxylation sites is 1. The molecule has 4 nitrogen and oxygen atoms in total. The van der Waals surface area contributed by atoms with Crippen LogP contribution in [-0.2, 0) is 0 Å². The Morgan fingerprint density at radius 2 is 1.39 bits per heavy atom. The van der Waals surface area contributed by atoms with E-state index in [4.69, 9.17) is 9.84 Å². The Kier molecular flexibility index (Phi) is 3.38. The van der Waals surface area contributed by atoms with E-state index in [2.05, 4.69) is 0 Å². The molecule has 2 rings (SSSR count). The molecule has 90 valence electrons. The molecule has 18 heavy (non-hydrogen) atoms. The molecule has 0 amide bonds. The van der Waals surface area contributed by atoms with E-state index in [9.17, 15) is 9.59 Å². The van der Waals surface area contributed by atoms with E-state index in [0.29, 0.717) is 5.75 Å². The zero-order chi connectivity index (χ0) is 13.0. The lowest BCUT2D eigenvalue weighted by molar-refractivity contribution is 0.0668. The summed E-state index contributed by atoms with van der Waals surface area (Å²) < 4.78 is 5.09. The molecule has 0 saturated heterocycles. The highest BCUT2D eigenvalue weighted by Gasteiger charge is 2.17. The number of hydrogen-bond acceptors (Lipinski definition) is 3. The van der Waals surface area contributed by atoms with E-state index in [1.807, 2.05) is 0 Å². The summed E-state index contributed by atoms with van der Waals surface area (Å²) in [4.78, 5) is 22.8. The van der Waals surface area contributed by atoms with Crippen molar-refractivity contribution >= 4 is 11.9 Å². The molecule has 0 unspecified atom stereocenters. The predicted octanol–water partition coefficient (Wildman–Crippen LogP) is 2.60. The van der Waals surface area contributed by atoms with Gasteiger partial charge >= 0.3 is 11.9 Å². The second kappa shape index (κ2) is 5.14. The van der Waals surface area contributed by atoms with Crippen LogP contribution in [-0.4, -0.2) is 17.0 Å². The van der Waals surface area contributed by atoms with Crippen molar-refractivity contribution in [2.45, 2.75) is 0 Å². The molecule has 0 bridgehead atoms. The van der Waals surface area contributed by atoms with Crippen LogP contribution in [0.2, 0.25) is 0 Å². The highest BCUT2D eigenvalue weighted by Crippen LogP contribution is 2.14. The van der Waals surface area contributed by atoms with Gasteiger partial charge in [0, 0.05) is 0 Å². The Morgan fingerprint density at radius 3 is 2.00 bits per heavy atom. The zero-order valence-electron chi connectivity index (χ0n) is 9.37. The van der Waals surface area contributed by atoms with Gasteiger partial charge in [0.15, 0.2) is 0 Å². The van der Waals surface area contributed by atoms with Gasteiger partial charge in [-0.15, -0.1) is 0 Å². The monoisotopic (exact) mass is 242 g/mol. The van der Waals surface area contributed by atoms with Crippen molar-refractivity contribution in [1.82, 2.24) is 0 Å². The molecule has 0 saturated carbocycles. The Labute approximate surface area is 103 Å². The highest BCUT2D eigenvalue weighted by molar-refractivity contribution is 6.03. The van der Waals surface area contributed by atoms with E-state index in [-0.39, 0.29) is 11.1 Å². The van der Waals surface area contributed by atoms with Crippen molar-refractivity contribution in [3.8, 4) is 5.75 Å². The number of aromatic carboxylic acids is 1. The Balaban J connectivity index is 2.27. The molecule has 0 aliphatic rings. The number of esters is 1. The molecule has 0 aromatic heterocycles. The summed E-state index contributed by atoms with van der Waals surface area (Å²) in [6.07, 6.45) is 0. The number of carbonyl (C=O) groups excluding carboxylic acids is 1. The third kappa shape index (κ3) is 2.55. The third-order valence-electron chi connectivity index (χ3n) is 2.33. The van der Waals surface area contributed by atoms with Crippen LogP contribution in [0, 0.1) is 0 Å². The average Bonchev–Trinajstić information content (AvgIpc) is 2.40. The second-order valence-electron chi connectivity index (χ2n) is 3.55. The Morgan fingerprint density at radius 1 is 0.833 bits per heavy atom. The smallest absolute Gasteiger partial charge is 0.344 e. The maximum Gasteiger partial charge on any atom is 0.344 e. The standard InChI is InChI=1S/C14H10O4/c15-13(16)11-8-4-5-9-12(11)14(17)18-10-6-2-1-3-7-10/h1-9H,(H,15,16). The van der Waals surface area contributed by atoms with Crippen molar-refractivity contribution in [3.05, 3.63) is 65.7 Å². The van der Waals surface area contributed by atoms with Crippen LogP contribution in [0.1, 0.15) is 20.7 Å². The molecule has 4 heteroatoms. The van der Waals surface area contributed by atoms with Crippen molar-refractivity contribution in [3.63, 3.8) is 0 Å². The third-order valence-corrected chi connectivity index (χ3v) is 2.33. The van der Waals surface area contributed by atoms with Crippen LogP contribution < -0.4 is 4.74 Å². The number of rotatable bonds is 3. The summed E-state index contributed by atoms with van der Waals surface area (Å²) >= 11 is 0. The molecule has 1 N–H and O–H groups in total. The van der Waals surface area contributed by atoms with Crippen molar-refractivity contribution in [2.75, 3.05) is 0 Å². The predicted molar refractivity (Wildman–Crippen MR) is 64.8 cm³/mol. The quantitative estimate of drug-likeness (QED) is 0.663. The topological polar surface area (TPSA) is 63.6 Å². The fraction of sp³-hybridized carbons (Fsp3) is 0. The van der Waals surface area contributed by atoms with Crippen LogP contribution in [0.25, 0.3) is 0 Å². The fourth-order valence-corrected chi connectivity index (χ4v) is 1.50. The number of ether oxygens (including phenoxy) is 1. The van der Waals surface area contributed by atoms with Crippen LogP contribution in [0.4, 0.5) is 0 Å². The van der Waals surface area contributed by atoms with Gasteiger partial charge in [-0.05, 0) is 24.3 Å². The highest BCUT2D eigenvalue weighted by atomic mass is 16.5. The average molecular weight is 242 g/mol. The SMILES string of the molecule is O=C(O)c1ccccc1C(=O)Oc1ccccc1. The van der Waals surface area contributed by atoms with Gasteiger partial charge < -0.3 is 9.84 Å². The molecule has 2 aromatic rings. The molecule has 0 heterocycles. The molecule has 0 radical (unpaired) electrons. The Bertz CT molecular complexity index is 575. The van der Waals surface area contributed by atoms with Crippen LogP contribution in [0.15, 0.2) is 54.6 Å². The number of benzene rings is 2. The second-order valence-corrected chi connectivity index (χ2v) is 3.55. The van der Waals surface area contributed by atoms with Crippen molar-refractivity contribution < 1.29 is 19.4 Å². The minimum Gasteiger partial charge on any atom is -0.478 e. The van der Waals surface area contributed by atoms with E-state index < -0.39 is 11.9 Å². The molecular weight excluding hydrogens is 232 g/mol. The molecular formula is C14H10O4. The van der Waals surface area contributed by atoms with Crippen LogP contribution in [0.5, 0.6) is 5.75 Å². The lowest BCUT2D eigenvalue weighted by Crippen LogP contribution is -2.13. The number of carboxylic acids is 1. The maximum absolute atomic E-state index is 11.9. The first-order chi connectivity index (χ1) is 8.68. The summed E-state index contributed by atoms with van der Waals surface area (Å²) in [6.45, 7) is 0. The molecule has 0 fully saturated rings. The summed E-state index contributed by atoms with van der Waals surface area (Å²) in [5.74, 6) is -1.46. The molecule has 0 atom stereocenters. The van der Waals surface area contributed by atoms with E-state index in [0.717, 1.165) is 0 Å². The minimum absolute atomic E-state index is 0.0360. The van der Waals surface area contributed by atoms with Gasteiger partial charge in [-0.25, -0.2) is 9.59 Å². The van der Waals surface area contributed by atoms with Gasteiger partial charge in [-0.2, -0.15) is 0 Å². The van der Waals surface area contributed by atoms with Gasteiger partial charge in [0.05, 0.1) is 11.1 Å². The lowest BCUT2D eigenvalue weighted by Gasteiger charge is -2.06. The van der Waals surface area contributed by atoms with Crippen LogP contribution >= 0.6 is 0 Å². The normalized spacial score (nSPS) is 9.78. The summed E-state index contributed by atoms with van der Waals surface area (Å²) in [6, 6.07) is 14.4. The van der Waals surface area contributed by atoms with E-state index in [1.165, 1.54) is 12.1 Å². The minimum atomic E-state index is -1.16. The van der Waals surface area contributed by atoms with Crippen molar-refractivity contribution in [1.29, 1.82) is 0 Å². The van der Waals surface area contributed by atoms with E-state index >= 15 is 0 Å². The molecule has 0 spiro atoms. The maximum atomic E-state index is 11.9. The summed E-state index contributed by atoms with van der Waals surface area (Å²) in [5.41, 5.74) is -0.0349.